The molecule has 0 unspecified atom stereocenters. The van der Waals surface area contributed by atoms with Gasteiger partial charge in [0.2, 0.25) is 0 Å². The van der Waals surface area contributed by atoms with Gasteiger partial charge in [-0.15, -0.1) is 35.9 Å². The van der Waals surface area contributed by atoms with Crippen molar-refractivity contribution in [1.82, 2.24) is 0 Å². The Hall–Kier alpha value is -1.04. The first kappa shape index (κ1) is 26.6. The Morgan fingerprint density at radius 3 is 1.45 bits per heavy atom. The van der Waals surface area contributed by atoms with Crippen LogP contribution in [0.2, 0.25) is 0 Å². The normalized spacial score (nSPS) is 19.2. The van der Waals surface area contributed by atoms with Gasteiger partial charge in [-0.05, 0) is 0 Å². The van der Waals surface area contributed by atoms with Crippen LogP contribution in [-0.4, -0.2) is 0 Å². The molecule has 0 atom stereocenters. The second-order valence-electron chi connectivity index (χ2n) is 9.88. The van der Waals surface area contributed by atoms with Crippen molar-refractivity contribution in [2.24, 2.45) is 11.8 Å². The van der Waals surface area contributed by atoms with E-state index in [4.69, 9.17) is 0 Å². The van der Waals surface area contributed by atoms with Crippen molar-refractivity contribution in [2.75, 3.05) is 0 Å². The van der Waals surface area contributed by atoms with E-state index in [0.29, 0.717) is 0 Å². The molecule has 4 aliphatic rings. The summed E-state index contributed by atoms with van der Waals surface area (Å²) < 4.78 is 0. The number of rotatable bonds is 2. The smallest absolute Gasteiger partial charge is 1.00 e. The van der Waals surface area contributed by atoms with Crippen LogP contribution in [0.4, 0.5) is 0 Å². The molecule has 4 aliphatic carbocycles. The van der Waals surface area contributed by atoms with E-state index in [1.54, 1.807) is 0 Å². The topological polar surface area (TPSA) is 0 Å². The average Bonchev–Trinajstić information content (AvgIpc) is 3.68. The van der Waals surface area contributed by atoms with Gasteiger partial charge >= 0.3 is 26.2 Å². The van der Waals surface area contributed by atoms with Crippen LogP contribution in [0.25, 0.3) is 22.3 Å². The SMILES string of the molecule is C1CC2CC[C-]1C2.C1CC2CC[C-]1C2.[Cl-].[Zr+4].c1ccc(-c2ccc[c-]2-c2ccccc2)cc1. The second-order valence-corrected chi connectivity index (χ2v) is 9.88. The molecule has 0 spiro atoms. The van der Waals surface area contributed by atoms with Crippen LogP contribution in [-0.2, 0) is 26.2 Å². The fourth-order valence-corrected chi connectivity index (χ4v) is 5.96. The number of benzene rings is 2. The second kappa shape index (κ2) is 13.2. The van der Waals surface area contributed by atoms with Crippen molar-refractivity contribution in [3.63, 3.8) is 0 Å². The Kier molecular flexibility index (Phi) is 10.6. The van der Waals surface area contributed by atoms with E-state index in [9.17, 15) is 0 Å². The number of halogens is 1. The number of hydrogen-bond donors (Lipinski definition) is 0. The van der Waals surface area contributed by atoms with Crippen molar-refractivity contribution in [2.45, 2.75) is 64.2 Å². The molecule has 4 bridgehead atoms. The monoisotopic (exact) mass is 532 g/mol. The van der Waals surface area contributed by atoms with Gasteiger partial charge in [-0.25, -0.2) is 0 Å². The fraction of sp³-hybridized carbons (Fsp3) is 0.387. The Balaban J connectivity index is 0.000000158. The predicted molar refractivity (Wildman–Crippen MR) is 133 cm³/mol. The summed E-state index contributed by atoms with van der Waals surface area (Å²) in [6.45, 7) is 0. The third kappa shape index (κ3) is 6.99. The molecule has 4 fully saturated rings. The number of fused-ring (bicyclic) bond motifs is 4. The molecule has 0 radical (unpaired) electrons. The van der Waals surface area contributed by atoms with Crippen LogP contribution in [0.15, 0.2) is 78.9 Å². The first-order valence-corrected chi connectivity index (χ1v) is 12.4. The standard InChI is InChI=1S/C17H13.2C7H11.ClH.Zr/c1-3-8-14(9-4-1)16-12-7-13-17(16)15-10-5-2-6-11-15;2*1-2-7-4-3-6(1)5-7;;/h1-13H;2*6H,1-5H2;1H;/q3*-1;;+4/p-1. The zero-order valence-electron chi connectivity index (χ0n) is 19.6. The van der Waals surface area contributed by atoms with Gasteiger partial charge in [0.25, 0.3) is 0 Å². The zero-order valence-corrected chi connectivity index (χ0v) is 22.8. The molecule has 0 aromatic heterocycles. The van der Waals surface area contributed by atoms with Gasteiger partial charge in [0, 0.05) is 0 Å². The molecular weight excluding hydrogens is 499 g/mol. The van der Waals surface area contributed by atoms with Crippen LogP contribution < -0.4 is 12.4 Å². The summed E-state index contributed by atoms with van der Waals surface area (Å²) in [6, 6.07) is 27.5. The van der Waals surface area contributed by atoms with Gasteiger partial charge in [0.1, 0.15) is 0 Å². The maximum absolute atomic E-state index is 2.18. The van der Waals surface area contributed by atoms with Crippen LogP contribution in [0.5, 0.6) is 0 Å². The molecule has 0 amide bonds. The van der Waals surface area contributed by atoms with Crippen LogP contribution in [0.3, 0.4) is 0 Å². The van der Waals surface area contributed by atoms with Crippen molar-refractivity contribution in [1.29, 1.82) is 0 Å². The summed E-state index contributed by atoms with van der Waals surface area (Å²) in [6.07, 6.45) is 15.0. The molecule has 0 saturated heterocycles. The quantitative estimate of drug-likeness (QED) is 0.352. The van der Waals surface area contributed by atoms with Crippen molar-refractivity contribution in [3.05, 3.63) is 90.7 Å². The van der Waals surface area contributed by atoms with Crippen molar-refractivity contribution in [3.8, 4) is 22.3 Å². The molecule has 170 valence electrons. The van der Waals surface area contributed by atoms with Gasteiger partial charge in [0.05, 0.1) is 0 Å². The van der Waals surface area contributed by atoms with E-state index in [-0.39, 0.29) is 38.6 Å². The summed E-state index contributed by atoms with van der Waals surface area (Å²) >= 11 is 0. The first-order valence-electron chi connectivity index (χ1n) is 12.4. The predicted octanol–water partition coefficient (Wildman–Crippen LogP) is 6.05. The molecule has 3 aromatic carbocycles. The summed E-state index contributed by atoms with van der Waals surface area (Å²) in [7, 11) is 0. The maximum atomic E-state index is 2.18. The minimum absolute atomic E-state index is 0. The van der Waals surface area contributed by atoms with Crippen molar-refractivity contribution >= 4 is 0 Å². The Morgan fingerprint density at radius 2 is 1.06 bits per heavy atom. The summed E-state index contributed by atoms with van der Waals surface area (Å²) in [5.74, 6) is 6.00. The first-order chi connectivity index (χ1) is 15.3. The minimum atomic E-state index is 0. The van der Waals surface area contributed by atoms with Gasteiger partial charge in [-0.2, -0.15) is 38.5 Å². The van der Waals surface area contributed by atoms with E-state index in [0.717, 1.165) is 11.8 Å². The van der Waals surface area contributed by atoms with E-state index < -0.39 is 0 Å². The molecule has 7 rings (SSSR count). The van der Waals surface area contributed by atoms with E-state index >= 15 is 0 Å². The molecule has 33 heavy (non-hydrogen) atoms. The molecule has 2 heteroatoms. The van der Waals surface area contributed by atoms with Crippen LogP contribution >= 0.6 is 0 Å². The van der Waals surface area contributed by atoms with Crippen molar-refractivity contribution < 1.29 is 38.6 Å². The fourth-order valence-electron chi connectivity index (χ4n) is 5.96. The largest absolute Gasteiger partial charge is 4.00 e. The third-order valence-corrected chi connectivity index (χ3v) is 7.76. The summed E-state index contributed by atoms with van der Waals surface area (Å²) in [5, 5.41) is 0. The van der Waals surface area contributed by atoms with Gasteiger partial charge in [-0.1, -0.05) is 103 Å². The van der Waals surface area contributed by atoms with Gasteiger partial charge in [-0.3, -0.25) is 0 Å². The van der Waals surface area contributed by atoms with Gasteiger partial charge in [0.15, 0.2) is 0 Å². The minimum Gasteiger partial charge on any atom is -1.00 e. The third-order valence-electron chi connectivity index (χ3n) is 7.76. The molecule has 0 aliphatic heterocycles. The van der Waals surface area contributed by atoms with Crippen LogP contribution in [0.1, 0.15) is 64.2 Å². The van der Waals surface area contributed by atoms with E-state index in [2.05, 4.69) is 78.9 Å². The molecule has 0 heterocycles. The Bertz CT molecular complexity index is 820. The van der Waals surface area contributed by atoms with E-state index in [1.165, 1.54) is 86.5 Å². The molecule has 0 nitrogen and oxygen atoms in total. The maximum Gasteiger partial charge on any atom is 4.00 e. The van der Waals surface area contributed by atoms with Gasteiger partial charge < -0.3 is 24.2 Å². The molecule has 4 saturated carbocycles. The summed E-state index contributed by atoms with van der Waals surface area (Å²) in [5.41, 5.74) is 5.15. The molecular formula is C31H35ClZr. The summed E-state index contributed by atoms with van der Waals surface area (Å²) in [4.78, 5) is 0. The Labute approximate surface area is 226 Å². The molecule has 3 aromatic rings. The number of hydrogen-bond acceptors (Lipinski definition) is 0. The Morgan fingerprint density at radius 1 is 0.576 bits per heavy atom. The van der Waals surface area contributed by atoms with E-state index in [1.807, 2.05) is 11.8 Å². The zero-order chi connectivity index (χ0) is 20.9. The molecule has 0 N–H and O–H groups in total. The average molecular weight is 534 g/mol. The van der Waals surface area contributed by atoms with Crippen LogP contribution in [0, 0.1) is 23.7 Å².